The number of hydrogen-bond acceptors (Lipinski definition) is 6. The first-order valence-corrected chi connectivity index (χ1v) is 8.95. The van der Waals surface area contributed by atoms with Gasteiger partial charge in [-0.3, -0.25) is 0 Å². The minimum absolute atomic E-state index is 0.124. The summed E-state index contributed by atoms with van der Waals surface area (Å²) in [5.74, 6) is -0.675. The third-order valence-electron chi connectivity index (χ3n) is 3.84. The predicted octanol–water partition coefficient (Wildman–Crippen LogP) is 1.25. The Balaban J connectivity index is 2.11. The molecule has 0 spiro atoms. The molecule has 1 heterocycles. The lowest BCUT2D eigenvalue weighted by atomic mass is 9.85. The molecule has 0 bridgehead atoms. The molecule has 7 nitrogen and oxygen atoms in total. The molecule has 0 saturated heterocycles. The van der Waals surface area contributed by atoms with Crippen LogP contribution in [0.5, 0.6) is 0 Å². The second kappa shape index (κ2) is 7.26. The van der Waals surface area contributed by atoms with Crippen LogP contribution in [0.2, 0.25) is 0 Å². The monoisotopic (exact) mass is 330 g/mol. The van der Waals surface area contributed by atoms with Crippen molar-refractivity contribution in [2.75, 3.05) is 13.2 Å². The van der Waals surface area contributed by atoms with E-state index in [0.29, 0.717) is 6.54 Å². The maximum absolute atomic E-state index is 12.4. The fraction of sp³-hybridized carbons (Fsp3) is 0.643. The summed E-state index contributed by atoms with van der Waals surface area (Å²) >= 11 is 0. The molecule has 1 aromatic rings. The van der Waals surface area contributed by atoms with Crippen LogP contribution in [0.1, 0.15) is 43.2 Å². The quantitative estimate of drug-likeness (QED) is 0.759. The maximum Gasteiger partial charge on any atom is 0.374 e. The Labute approximate surface area is 130 Å². The Morgan fingerprint density at radius 1 is 1.41 bits per heavy atom. The lowest BCUT2D eigenvalue weighted by Crippen LogP contribution is -2.44. The molecule has 1 fully saturated rings. The lowest BCUT2D eigenvalue weighted by molar-refractivity contribution is 0.0484. The highest BCUT2D eigenvalue weighted by Crippen LogP contribution is 2.25. The van der Waals surface area contributed by atoms with Crippen LogP contribution in [-0.2, 0) is 14.8 Å². The topological polar surface area (TPSA) is 112 Å². The Kier molecular flexibility index (Phi) is 5.60. The number of rotatable bonds is 6. The molecule has 0 aromatic carbocycles. The summed E-state index contributed by atoms with van der Waals surface area (Å²) in [5, 5.41) is -0.281. The van der Waals surface area contributed by atoms with Crippen molar-refractivity contribution in [3.8, 4) is 0 Å². The average molecular weight is 330 g/mol. The van der Waals surface area contributed by atoms with Crippen molar-refractivity contribution >= 4 is 16.0 Å². The van der Waals surface area contributed by atoms with E-state index in [9.17, 15) is 13.2 Å². The molecule has 2 unspecified atom stereocenters. The molecule has 1 aliphatic carbocycles. The summed E-state index contributed by atoms with van der Waals surface area (Å²) in [6, 6.07) is 2.36. The van der Waals surface area contributed by atoms with Gasteiger partial charge in [-0.15, -0.1) is 0 Å². The van der Waals surface area contributed by atoms with Gasteiger partial charge in [0.2, 0.25) is 10.9 Å². The number of sulfonamides is 1. The number of esters is 1. The van der Waals surface area contributed by atoms with E-state index in [1.165, 1.54) is 12.1 Å². The maximum atomic E-state index is 12.4. The third-order valence-corrected chi connectivity index (χ3v) is 5.20. The van der Waals surface area contributed by atoms with E-state index in [2.05, 4.69) is 4.72 Å². The highest BCUT2D eigenvalue weighted by atomic mass is 32.2. The Morgan fingerprint density at radius 2 is 2.14 bits per heavy atom. The fourth-order valence-electron chi connectivity index (χ4n) is 2.68. The highest BCUT2D eigenvalue weighted by Gasteiger charge is 2.30. The molecular weight excluding hydrogens is 308 g/mol. The van der Waals surface area contributed by atoms with E-state index >= 15 is 0 Å². The summed E-state index contributed by atoms with van der Waals surface area (Å²) in [6.07, 6.45) is 3.70. The van der Waals surface area contributed by atoms with Crippen molar-refractivity contribution in [2.45, 2.75) is 43.7 Å². The lowest BCUT2D eigenvalue weighted by Gasteiger charge is -2.30. The second-order valence-electron chi connectivity index (χ2n) is 5.35. The molecule has 2 atom stereocenters. The molecule has 0 amide bonds. The smallest absolute Gasteiger partial charge is 0.374 e. The second-order valence-corrected chi connectivity index (χ2v) is 6.99. The number of furan rings is 1. The number of hydrogen-bond donors (Lipinski definition) is 2. The zero-order chi connectivity index (χ0) is 16.2. The van der Waals surface area contributed by atoms with E-state index in [1.54, 1.807) is 6.92 Å². The molecule has 0 aliphatic heterocycles. The first-order valence-electron chi connectivity index (χ1n) is 7.47. The van der Waals surface area contributed by atoms with Gasteiger partial charge in [0.1, 0.15) is 0 Å². The number of carbonyl (C=O) groups is 1. The van der Waals surface area contributed by atoms with Gasteiger partial charge in [-0.1, -0.05) is 12.8 Å². The van der Waals surface area contributed by atoms with Gasteiger partial charge in [0.15, 0.2) is 0 Å². The predicted molar refractivity (Wildman–Crippen MR) is 79.8 cm³/mol. The van der Waals surface area contributed by atoms with Crippen LogP contribution >= 0.6 is 0 Å². The van der Waals surface area contributed by atoms with Crippen molar-refractivity contribution in [3.05, 3.63) is 17.9 Å². The zero-order valence-electron chi connectivity index (χ0n) is 12.6. The molecule has 1 aromatic heterocycles. The Hall–Kier alpha value is -1.38. The molecule has 22 heavy (non-hydrogen) atoms. The molecule has 1 saturated carbocycles. The molecule has 2 rings (SSSR count). The van der Waals surface area contributed by atoms with Crippen LogP contribution < -0.4 is 10.5 Å². The third kappa shape index (κ3) is 3.88. The van der Waals surface area contributed by atoms with Crippen LogP contribution in [0.15, 0.2) is 21.6 Å². The molecule has 0 radical (unpaired) electrons. The van der Waals surface area contributed by atoms with Crippen LogP contribution in [0.3, 0.4) is 0 Å². The van der Waals surface area contributed by atoms with Crippen LogP contribution in [-0.4, -0.2) is 33.6 Å². The molecule has 3 N–H and O–H groups in total. The van der Waals surface area contributed by atoms with E-state index < -0.39 is 16.0 Å². The summed E-state index contributed by atoms with van der Waals surface area (Å²) in [6.45, 7) is 2.30. The Bertz CT molecular complexity index is 611. The normalized spacial score (nSPS) is 22.5. The summed E-state index contributed by atoms with van der Waals surface area (Å²) < 4.78 is 37.2. The standard InChI is InChI=1S/C14H22N2O5S/c1-2-20-14(17)12-7-8-13(21-12)22(18,19)16-11-6-4-3-5-10(11)9-15/h7-8,10-11,16H,2-6,9,15H2,1H3. The van der Waals surface area contributed by atoms with Crippen molar-refractivity contribution in [1.82, 2.24) is 4.72 Å². The molecule has 124 valence electrons. The minimum atomic E-state index is -3.81. The van der Waals surface area contributed by atoms with Gasteiger partial charge in [0.05, 0.1) is 6.61 Å². The highest BCUT2D eigenvalue weighted by molar-refractivity contribution is 7.89. The first-order chi connectivity index (χ1) is 10.5. The number of nitrogens with two attached hydrogens (primary N) is 1. The van der Waals surface area contributed by atoms with Crippen molar-refractivity contribution in [2.24, 2.45) is 11.7 Å². The number of nitrogens with one attached hydrogen (secondary N) is 1. The van der Waals surface area contributed by atoms with Crippen molar-refractivity contribution < 1.29 is 22.4 Å². The summed E-state index contributed by atoms with van der Waals surface area (Å²) in [4.78, 5) is 11.5. The first kappa shape index (κ1) is 17.0. The SMILES string of the molecule is CCOC(=O)c1ccc(S(=O)(=O)NC2CCCCC2CN)o1. The Morgan fingerprint density at radius 3 is 2.82 bits per heavy atom. The van der Waals surface area contributed by atoms with Crippen LogP contribution in [0.25, 0.3) is 0 Å². The summed E-state index contributed by atoms with van der Waals surface area (Å²) in [7, 11) is -3.81. The molecule has 1 aliphatic rings. The minimum Gasteiger partial charge on any atom is -0.460 e. The zero-order valence-corrected chi connectivity index (χ0v) is 13.4. The number of ether oxygens (including phenoxy) is 1. The van der Waals surface area contributed by atoms with E-state index in [4.69, 9.17) is 14.9 Å². The summed E-state index contributed by atoms with van der Waals surface area (Å²) in [5.41, 5.74) is 5.71. The van der Waals surface area contributed by atoms with Gasteiger partial charge in [0.25, 0.3) is 10.0 Å². The van der Waals surface area contributed by atoms with E-state index in [0.717, 1.165) is 25.7 Å². The number of carbonyl (C=O) groups excluding carboxylic acids is 1. The van der Waals surface area contributed by atoms with E-state index in [1.807, 2.05) is 0 Å². The van der Waals surface area contributed by atoms with Gasteiger partial charge in [-0.05, 0) is 44.4 Å². The molecule has 8 heteroatoms. The van der Waals surface area contributed by atoms with Gasteiger partial charge < -0.3 is 14.9 Å². The fourth-order valence-corrected chi connectivity index (χ4v) is 3.95. The van der Waals surface area contributed by atoms with E-state index in [-0.39, 0.29) is 29.4 Å². The van der Waals surface area contributed by atoms with Gasteiger partial charge in [0, 0.05) is 6.04 Å². The largest absolute Gasteiger partial charge is 0.460 e. The van der Waals surface area contributed by atoms with Gasteiger partial charge in [-0.2, -0.15) is 0 Å². The van der Waals surface area contributed by atoms with Crippen LogP contribution in [0, 0.1) is 5.92 Å². The van der Waals surface area contributed by atoms with Crippen molar-refractivity contribution in [3.63, 3.8) is 0 Å². The average Bonchev–Trinajstić information content (AvgIpc) is 2.98. The van der Waals surface area contributed by atoms with Crippen molar-refractivity contribution in [1.29, 1.82) is 0 Å². The van der Waals surface area contributed by atoms with Gasteiger partial charge >= 0.3 is 5.97 Å². The molecular formula is C14H22N2O5S. The van der Waals surface area contributed by atoms with Gasteiger partial charge in [-0.25, -0.2) is 17.9 Å². The van der Waals surface area contributed by atoms with Crippen LogP contribution in [0.4, 0.5) is 0 Å².